The Labute approximate surface area is 151 Å². The van der Waals surface area contributed by atoms with Crippen LogP contribution >= 0.6 is 0 Å². The maximum Gasteiger partial charge on any atom is 0.306 e. The zero-order chi connectivity index (χ0) is 18.4. The Morgan fingerprint density at radius 1 is 1.23 bits per heavy atom. The van der Waals surface area contributed by atoms with E-state index in [0.717, 1.165) is 0 Å². The van der Waals surface area contributed by atoms with Crippen molar-refractivity contribution < 1.29 is 19.4 Å². The third kappa shape index (κ3) is 4.81. The predicted octanol–water partition coefficient (Wildman–Crippen LogP) is 2.19. The topological polar surface area (TPSA) is 106 Å². The lowest BCUT2D eigenvalue weighted by molar-refractivity contribution is -0.143. The molecular formula is C18H22N4O4. The molecule has 0 aliphatic heterocycles. The average Bonchev–Trinajstić information content (AvgIpc) is 3.15. The minimum atomic E-state index is -0.764. The molecule has 1 aromatic heterocycles. The molecule has 3 rings (SSSR count). The first-order valence-electron chi connectivity index (χ1n) is 8.71. The molecule has 1 heterocycles. The number of anilines is 1. The SMILES string of the molecule is O=C(O)C1CCC(C(=O)Nc2cccc(OCCn3cncn3)c2)CC1. The number of carboxylic acid groups (broad SMARTS) is 1. The minimum Gasteiger partial charge on any atom is -0.492 e. The van der Waals surface area contributed by atoms with Gasteiger partial charge in [-0.25, -0.2) is 9.67 Å². The zero-order valence-electron chi connectivity index (χ0n) is 14.4. The van der Waals surface area contributed by atoms with Gasteiger partial charge in [0.15, 0.2) is 0 Å². The summed E-state index contributed by atoms with van der Waals surface area (Å²) in [6.45, 7) is 1.03. The molecule has 0 saturated heterocycles. The summed E-state index contributed by atoms with van der Waals surface area (Å²) in [6, 6.07) is 7.24. The van der Waals surface area contributed by atoms with Gasteiger partial charge in [0.2, 0.25) is 5.91 Å². The number of carbonyl (C=O) groups excluding carboxylic acids is 1. The van der Waals surface area contributed by atoms with Gasteiger partial charge in [0.05, 0.1) is 12.5 Å². The standard InChI is InChI=1S/C18H22N4O4/c23-17(13-4-6-14(7-5-13)18(24)25)21-15-2-1-3-16(10-15)26-9-8-22-12-19-11-20-22/h1-3,10-14H,4-9H2,(H,21,23)(H,24,25). The number of nitrogens with one attached hydrogen (secondary N) is 1. The van der Waals surface area contributed by atoms with Crippen molar-refractivity contribution in [3.05, 3.63) is 36.9 Å². The van der Waals surface area contributed by atoms with Crippen molar-refractivity contribution in [2.45, 2.75) is 32.2 Å². The quantitative estimate of drug-likeness (QED) is 0.786. The van der Waals surface area contributed by atoms with Gasteiger partial charge in [-0.05, 0) is 37.8 Å². The molecule has 1 saturated carbocycles. The second-order valence-electron chi connectivity index (χ2n) is 6.41. The van der Waals surface area contributed by atoms with E-state index in [9.17, 15) is 9.59 Å². The number of carbonyl (C=O) groups is 2. The highest BCUT2D eigenvalue weighted by atomic mass is 16.5. The Morgan fingerprint density at radius 3 is 2.69 bits per heavy atom. The summed E-state index contributed by atoms with van der Waals surface area (Å²) in [7, 11) is 0. The summed E-state index contributed by atoms with van der Waals surface area (Å²) in [4.78, 5) is 27.3. The number of nitrogens with zero attached hydrogens (tertiary/aromatic N) is 3. The number of hydrogen-bond donors (Lipinski definition) is 2. The summed E-state index contributed by atoms with van der Waals surface area (Å²) in [6.07, 6.45) is 5.42. The van der Waals surface area contributed by atoms with Crippen LogP contribution in [0.1, 0.15) is 25.7 Å². The third-order valence-corrected chi connectivity index (χ3v) is 4.60. The van der Waals surface area contributed by atoms with Crippen LogP contribution < -0.4 is 10.1 Å². The van der Waals surface area contributed by atoms with Crippen LogP contribution in [-0.4, -0.2) is 38.4 Å². The highest BCUT2D eigenvalue weighted by molar-refractivity contribution is 5.92. The lowest BCUT2D eigenvalue weighted by Crippen LogP contribution is -2.29. The normalized spacial score (nSPS) is 19.7. The molecule has 1 aliphatic rings. The van der Waals surface area contributed by atoms with E-state index in [-0.39, 0.29) is 17.7 Å². The summed E-state index contributed by atoms with van der Waals surface area (Å²) in [5, 5.41) is 15.9. The van der Waals surface area contributed by atoms with E-state index in [0.29, 0.717) is 50.3 Å². The fourth-order valence-electron chi connectivity index (χ4n) is 3.12. The van der Waals surface area contributed by atoms with Crippen LogP contribution in [0.2, 0.25) is 0 Å². The number of amides is 1. The molecular weight excluding hydrogens is 336 g/mol. The Kier molecular flexibility index (Phi) is 5.83. The third-order valence-electron chi connectivity index (χ3n) is 4.60. The lowest BCUT2D eigenvalue weighted by Gasteiger charge is -2.25. The molecule has 26 heavy (non-hydrogen) atoms. The molecule has 1 aliphatic carbocycles. The van der Waals surface area contributed by atoms with Crippen molar-refractivity contribution >= 4 is 17.6 Å². The van der Waals surface area contributed by atoms with E-state index in [4.69, 9.17) is 9.84 Å². The van der Waals surface area contributed by atoms with Crippen LogP contribution in [0.15, 0.2) is 36.9 Å². The van der Waals surface area contributed by atoms with Crippen molar-refractivity contribution in [1.29, 1.82) is 0 Å². The second kappa shape index (κ2) is 8.46. The minimum absolute atomic E-state index is 0.0615. The molecule has 0 radical (unpaired) electrons. The van der Waals surface area contributed by atoms with Crippen LogP contribution in [0.5, 0.6) is 5.75 Å². The highest BCUT2D eigenvalue weighted by Gasteiger charge is 2.29. The summed E-state index contributed by atoms with van der Waals surface area (Å²) in [5.74, 6) is -0.617. The first-order chi connectivity index (χ1) is 12.6. The van der Waals surface area contributed by atoms with Crippen LogP contribution in [0.4, 0.5) is 5.69 Å². The Morgan fingerprint density at radius 2 is 2.00 bits per heavy atom. The summed E-state index contributed by atoms with van der Waals surface area (Å²) >= 11 is 0. The molecule has 8 heteroatoms. The molecule has 1 aromatic carbocycles. The van der Waals surface area contributed by atoms with Gasteiger partial charge in [0.1, 0.15) is 25.0 Å². The summed E-state index contributed by atoms with van der Waals surface area (Å²) in [5.41, 5.74) is 0.675. The fourth-order valence-corrected chi connectivity index (χ4v) is 3.12. The van der Waals surface area contributed by atoms with E-state index in [2.05, 4.69) is 15.4 Å². The average molecular weight is 358 g/mol. The number of ether oxygens (including phenoxy) is 1. The second-order valence-corrected chi connectivity index (χ2v) is 6.41. The summed E-state index contributed by atoms with van der Waals surface area (Å²) < 4.78 is 7.36. The maximum absolute atomic E-state index is 12.4. The lowest BCUT2D eigenvalue weighted by atomic mass is 9.81. The molecule has 2 N–H and O–H groups in total. The van der Waals surface area contributed by atoms with Gasteiger partial charge in [-0.3, -0.25) is 9.59 Å². The fraction of sp³-hybridized carbons (Fsp3) is 0.444. The number of aromatic nitrogens is 3. The zero-order valence-corrected chi connectivity index (χ0v) is 14.4. The maximum atomic E-state index is 12.4. The largest absolute Gasteiger partial charge is 0.492 e. The number of benzene rings is 1. The number of carboxylic acids is 1. The Balaban J connectivity index is 1.48. The highest BCUT2D eigenvalue weighted by Crippen LogP contribution is 2.30. The van der Waals surface area contributed by atoms with Gasteiger partial charge in [0.25, 0.3) is 0 Å². The van der Waals surface area contributed by atoms with Gasteiger partial charge in [0, 0.05) is 17.7 Å². The van der Waals surface area contributed by atoms with Crippen molar-refractivity contribution in [3.63, 3.8) is 0 Å². The first kappa shape index (κ1) is 17.9. The molecule has 1 fully saturated rings. The van der Waals surface area contributed by atoms with Gasteiger partial charge in [-0.2, -0.15) is 5.10 Å². The van der Waals surface area contributed by atoms with E-state index >= 15 is 0 Å². The van der Waals surface area contributed by atoms with Crippen molar-refractivity contribution in [2.75, 3.05) is 11.9 Å². The molecule has 0 spiro atoms. The molecule has 0 unspecified atom stereocenters. The van der Waals surface area contributed by atoms with Crippen molar-refractivity contribution in [2.24, 2.45) is 11.8 Å². The van der Waals surface area contributed by atoms with Crippen molar-refractivity contribution in [3.8, 4) is 5.75 Å². The molecule has 8 nitrogen and oxygen atoms in total. The molecule has 138 valence electrons. The van der Waals surface area contributed by atoms with E-state index in [1.54, 1.807) is 17.1 Å². The smallest absolute Gasteiger partial charge is 0.306 e. The monoisotopic (exact) mass is 358 g/mol. The number of hydrogen-bond acceptors (Lipinski definition) is 5. The van der Waals surface area contributed by atoms with Gasteiger partial charge < -0.3 is 15.2 Å². The first-order valence-corrected chi connectivity index (χ1v) is 8.71. The van der Waals surface area contributed by atoms with E-state index in [1.165, 1.54) is 6.33 Å². The molecule has 2 aromatic rings. The van der Waals surface area contributed by atoms with Crippen LogP contribution in [-0.2, 0) is 16.1 Å². The Bertz CT molecular complexity index is 739. The van der Waals surface area contributed by atoms with Gasteiger partial charge in [-0.15, -0.1) is 0 Å². The Hall–Kier alpha value is -2.90. The van der Waals surface area contributed by atoms with Gasteiger partial charge in [-0.1, -0.05) is 6.07 Å². The number of rotatable bonds is 7. The van der Waals surface area contributed by atoms with E-state index in [1.807, 2.05) is 18.2 Å². The van der Waals surface area contributed by atoms with E-state index < -0.39 is 5.97 Å². The molecule has 0 bridgehead atoms. The predicted molar refractivity (Wildman–Crippen MR) is 93.7 cm³/mol. The van der Waals surface area contributed by atoms with Crippen molar-refractivity contribution in [1.82, 2.24) is 14.8 Å². The molecule has 1 amide bonds. The number of aliphatic carboxylic acids is 1. The van der Waals surface area contributed by atoms with Crippen LogP contribution in [0.25, 0.3) is 0 Å². The van der Waals surface area contributed by atoms with Crippen LogP contribution in [0.3, 0.4) is 0 Å². The van der Waals surface area contributed by atoms with Crippen LogP contribution in [0, 0.1) is 11.8 Å². The molecule has 0 atom stereocenters. The van der Waals surface area contributed by atoms with Gasteiger partial charge >= 0.3 is 5.97 Å².